The Balaban J connectivity index is 2.23. The van der Waals surface area contributed by atoms with Gasteiger partial charge in [0.1, 0.15) is 5.57 Å². The fraction of sp³-hybridized carbons (Fsp3) is 0.375. The van der Waals surface area contributed by atoms with E-state index >= 15 is 0 Å². The SMILES string of the molecule is CCCSc1cccc(C=C2C(=O)OC(C)(C)OC2=O)c1. The molecule has 1 aromatic carbocycles. The summed E-state index contributed by atoms with van der Waals surface area (Å²) in [6.07, 6.45) is 2.60. The maximum absolute atomic E-state index is 11.9. The molecule has 4 nitrogen and oxygen atoms in total. The van der Waals surface area contributed by atoms with Crippen LogP contribution >= 0.6 is 11.8 Å². The van der Waals surface area contributed by atoms with Crippen LogP contribution in [0, 0.1) is 0 Å². The third-order valence-electron chi connectivity index (χ3n) is 2.76. The monoisotopic (exact) mass is 306 g/mol. The molecular formula is C16H18O4S. The number of hydrogen-bond acceptors (Lipinski definition) is 5. The van der Waals surface area contributed by atoms with Crippen LogP contribution in [0.25, 0.3) is 6.08 Å². The highest BCUT2D eigenvalue weighted by Crippen LogP contribution is 2.25. The molecule has 2 rings (SSSR count). The van der Waals surface area contributed by atoms with E-state index in [9.17, 15) is 9.59 Å². The van der Waals surface area contributed by atoms with Crippen LogP contribution in [0.4, 0.5) is 0 Å². The fourth-order valence-corrected chi connectivity index (χ4v) is 2.69. The summed E-state index contributed by atoms with van der Waals surface area (Å²) in [7, 11) is 0. The van der Waals surface area contributed by atoms with E-state index in [2.05, 4.69) is 6.92 Å². The van der Waals surface area contributed by atoms with Crippen LogP contribution in [0.1, 0.15) is 32.8 Å². The summed E-state index contributed by atoms with van der Waals surface area (Å²) in [6, 6.07) is 7.67. The molecule has 5 heteroatoms. The fourth-order valence-electron chi connectivity index (χ4n) is 1.86. The lowest BCUT2D eigenvalue weighted by Gasteiger charge is -2.29. The van der Waals surface area contributed by atoms with E-state index in [0.717, 1.165) is 22.6 Å². The van der Waals surface area contributed by atoms with Crippen LogP contribution in [-0.4, -0.2) is 23.5 Å². The predicted molar refractivity (Wildman–Crippen MR) is 81.7 cm³/mol. The minimum Gasteiger partial charge on any atom is -0.419 e. The third-order valence-corrected chi connectivity index (χ3v) is 3.96. The minimum absolute atomic E-state index is 0.0769. The van der Waals surface area contributed by atoms with Gasteiger partial charge in [-0.15, -0.1) is 11.8 Å². The van der Waals surface area contributed by atoms with Crippen molar-refractivity contribution >= 4 is 29.8 Å². The van der Waals surface area contributed by atoms with Crippen molar-refractivity contribution in [3.05, 3.63) is 35.4 Å². The molecule has 1 saturated heterocycles. The zero-order valence-corrected chi connectivity index (χ0v) is 13.2. The van der Waals surface area contributed by atoms with Gasteiger partial charge in [0.15, 0.2) is 0 Å². The summed E-state index contributed by atoms with van der Waals surface area (Å²) >= 11 is 1.74. The van der Waals surface area contributed by atoms with Gasteiger partial charge in [0.25, 0.3) is 5.79 Å². The second-order valence-electron chi connectivity index (χ2n) is 5.16. The van der Waals surface area contributed by atoms with Crippen LogP contribution in [0.15, 0.2) is 34.7 Å². The molecule has 0 atom stereocenters. The molecule has 21 heavy (non-hydrogen) atoms. The van der Waals surface area contributed by atoms with Crippen molar-refractivity contribution in [3.8, 4) is 0 Å². The lowest BCUT2D eigenvalue weighted by atomic mass is 10.1. The quantitative estimate of drug-likeness (QED) is 0.369. The first-order valence-electron chi connectivity index (χ1n) is 6.82. The largest absolute Gasteiger partial charge is 0.419 e. The van der Waals surface area contributed by atoms with Gasteiger partial charge in [-0.25, -0.2) is 9.59 Å². The Morgan fingerprint density at radius 1 is 1.19 bits per heavy atom. The Labute approximate surface area is 128 Å². The first-order chi connectivity index (χ1) is 9.91. The summed E-state index contributed by atoms with van der Waals surface area (Å²) in [5.74, 6) is -1.48. The van der Waals surface area contributed by atoms with E-state index in [1.165, 1.54) is 19.9 Å². The molecule has 0 aliphatic carbocycles. The molecule has 0 spiro atoms. The summed E-state index contributed by atoms with van der Waals surface area (Å²) < 4.78 is 10.1. The van der Waals surface area contributed by atoms with Crippen molar-refractivity contribution in [1.29, 1.82) is 0 Å². The van der Waals surface area contributed by atoms with Gasteiger partial charge in [-0.05, 0) is 35.9 Å². The summed E-state index contributed by atoms with van der Waals surface area (Å²) in [4.78, 5) is 24.9. The Kier molecular flexibility index (Phi) is 4.73. The van der Waals surface area contributed by atoms with Crippen molar-refractivity contribution in [2.24, 2.45) is 0 Å². The van der Waals surface area contributed by atoms with E-state index in [-0.39, 0.29) is 5.57 Å². The molecule has 112 valence electrons. The minimum atomic E-state index is -1.20. The topological polar surface area (TPSA) is 52.6 Å². The lowest BCUT2D eigenvalue weighted by molar-refractivity contribution is -0.222. The molecule has 1 heterocycles. The van der Waals surface area contributed by atoms with Gasteiger partial charge in [0.2, 0.25) is 0 Å². The number of ether oxygens (including phenoxy) is 2. The van der Waals surface area contributed by atoms with Crippen molar-refractivity contribution in [2.45, 2.75) is 37.9 Å². The zero-order chi connectivity index (χ0) is 15.5. The molecule has 0 amide bonds. The molecule has 0 bridgehead atoms. The Morgan fingerprint density at radius 2 is 1.86 bits per heavy atom. The number of carbonyl (C=O) groups excluding carboxylic acids is 2. The van der Waals surface area contributed by atoms with Gasteiger partial charge < -0.3 is 9.47 Å². The molecule has 1 aliphatic heterocycles. The highest BCUT2D eigenvalue weighted by Gasteiger charge is 2.38. The highest BCUT2D eigenvalue weighted by atomic mass is 32.2. The van der Waals surface area contributed by atoms with Crippen molar-refractivity contribution in [1.82, 2.24) is 0 Å². The van der Waals surface area contributed by atoms with Gasteiger partial charge in [-0.3, -0.25) is 0 Å². The first kappa shape index (κ1) is 15.6. The van der Waals surface area contributed by atoms with Gasteiger partial charge in [0.05, 0.1) is 0 Å². The lowest BCUT2D eigenvalue weighted by Crippen LogP contribution is -2.41. The van der Waals surface area contributed by atoms with E-state index in [1.807, 2.05) is 24.3 Å². The smallest absolute Gasteiger partial charge is 0.348 e. The average molecular weight is 306 g/mol. The van der Waals surface area contributed by atoms with Gasteiger partial charge in [-0.2, -0.15) is 0 Å². The number of cyclic esters (lactones) is 2. The van der Waals surface area contributed by atoms with Crippen LogP contribution in [-0.2, 0) is 19.1 Å². The summed E-state index contributed by atoms with van der Waals surface area (Å²) in [5, 5.41) is 0. The molecular weight excluding hydrogens is 288 g/mol. The van der Waals surface area contributed by atoms with Crippen molar-refractivity contribution in [2.75, 3.05) is 5.75 Å². The number of benzene rings is 1. The molecule has 1 aromatic rings. The Morgan fingerprint density at radius 3 is 2.48 bits per heavy atom. The molecule has 0 radical (unpaired) electrons. The maximum Gasteiger partial charge on any atom is 0.348 e. The van der Waals surface area contributed by atoms with Gasteiger partial charge in [-0.1, -0.05) is 19.1 Å². The molecule has 1 fully saturated rings. The van der Waals surface area contributed by atoms with Gasteiger partial charge >= 0.3 is 11.9 Å². The second kappa shape index (κ2) is 6.35. The van der Waals surface area contributed by atoms with Crippen molar-refractivity contribution < 1.29 is 19.1 Å². The second-order valence-corrected chi connectivity index (χ2v) is 6.33. The van der Waals surface area contributed by atoms with E-state index < -0.39 is 17.7 Å². The van der Waals surface area contributed by atoms with Crippen LogP contribution in [0.5, 0.6) is 0 Å². The predicted octanol–water partition coefficient (Wildman–Crippen LogP) is 3.41. The zero-order valence-electron chi connectivity index (χ0n) is 12.3. The third kappa shape index (κ3) is 4.11. The average Bonchev–Trinajstić information content (AvgIpc) is 2.40. The van der Waals surface area contributed by atoms with Crippen LogP contribution in [0.3, 0.4) is 0 Å². The number of hydrogen-bond donors (Lipinski definition) is 0. The van der Waals surface area contributed by atoms with E-state index in [4.69, 9.17) is 9.47 Å². The molecule has 1 aliphatic rings. The van der Waals surface area contributed by atoms with Crippen molar-refractivity contribution in [3.63, 3.8) is 0 Å². The molecule has 0 saturated carbocycles. The van der Waals surface area contributed by atoms with E-state index in [1.54, 1.807) is 11.8 Å². The van der Waals surface area contributed by atoms with E-state index in [0.29, 0.717) is 0 Å². The maximum atomic E-state index is 11.9. The Bertz CT molecular complexity index is 568. The summed E-state index contributed by atoms with van der Waals surface area (Å²) in [6.45, 7) is 5.18. The summed E-state index contributed by atoms with van der Waals surface area (Å²) in [5.41, 5.74) is 0.701. The van der Waals surface area contributed by atoms with Gasteiger partial charge in [0, 0.05) is 18.7 Å². The highest BCUT2D eigenvalue weighted by molar-refractivity contribution is 7.99. The number of thioether (sulfide) groups is 1. The number of esters is 2. The normalized spacial score (nSPS) is 17.2. The van der Waals surface area contributed by atoms with Crippen LogP contribution < -0.4 is 0 Å². The molecule has 0 N–H and O–H groups in total. The Hall–Kier alpha value is -1.75. The van der Waals surface area contributed by atoms with Crippen LogP contribution in [0.2, 0.25) is 0 Å². The first-order valence-corrected chi connectivity index (χ1v) is 7.81. The number of carbonyl (C=O) groups is 2. The molecule has 0 aromatic heterocycles. The standard InChI is InChI=1S/C16H18O4S/c1-4-8-21-12-7-5-6-11(9-12)10-13-14(17)19-16(2,3)20-15(13)18/h5-7,9-10H,4,8H2,1-3H3. The number of rotatable bonds is 4. The molecule has 0 unspecified atom stereocenters.